The number of piperidine rings is 1. The Kier molecular flexibility index (Phi) is 7.80. The number of aromatic nitrogens is 4. The second-order valence-corrected chi connectivity index (χ2v) is 10.5. The number of halogens is 1. The molecule has 1 aliphatic heterocycles. The average Bonchev–Trinajstić information content (AvgIpc) is 3.29. The number of carbonyl (C=O) groups excluding carboxylic acids is 1. The van der Waals surface area contributed by atoms with Crippen LogP contribution in [0.4, 0.5) is 5.82 Å². The van der Waals surface area contributed by atoms with Crippen LogP contribution in [0.15, 0.2) is 54.9 Å². The second kappa shape index (κ2) is 10.9. The number of anilines is 1. The minimum Gasteiger partial charge on any atom is -0.383 e. The first-order valence-corrected chi connectivity index (χ1v) is 12.5. The van der Waals surface area contributed by atoms with Crippen molar-refractivity contribution in [3.8, 4) is 11.3 Å². The van der Waals surface area contributed by atoms with Crippen LogP contribution in [0, 0.1) is 0 Å². The summed E-state index contributed by atoms with van der Waals surface area (Å²) in [6.45, 7) is 8.87. The van der Waals surface area contributed by atoms with Crippen LogP contribution in [-0.4, -0.2) is 38.7 Å². The molecule has 4 N–H and O–H groups in total. The van der Waals surface area contributed by atoms with Gasteiger partial charge in [0, 0.05) is 24.2 Å². The van der Waals surface area contributed by atoms with Gasteiger partial charge in [-0.25, -0.2) is 14.6 Å². The lowest BCUT2D eigenvalue weighted by atomic mass is 9.87. The van der Waals surface area contributed by atoms with Crippen LogP contribution in [0.1, 0.15) is 61.1 Å². The van der Waals surface area contributed by atoms with Gasteiger partial charge in [-0.3, -0.25) is 4.79 Å². The maximum Gasteiger partial charge on any atom is 0.251 e. The summed E-state index contributed by atoms with van der Waals surface area (Å²) in [5, 5.41) is 12.1. The maximum atomic E-state index is 13.0. The molecule has 0 bridgehead atoms. The zero-order chi connectivity index (χ0) is 25.3. The van der Waals surface area contributed by atoms with Crippen LogP contribution < -0.4 is 16.4 Å². The number of nitrogen functional groups attached to an aromatic ring is 1. The molecule has 5 rings (SSSR count). The Labute approximate surface area is 223 Å². The van der Waals surface area contributed by atoms with Crippen molar-refractivity contribution in [2.24, 2.45) is 0 Å². The number of carbonyl (C=O) groups is 1. The number of fused-ring (bicyclic) bond motifs is 1. The number of hydrogen-bond donors (Lipinski definition) is 3. The molecule has 1 aliphatic rings. The minimum atomic E-state index is -0.138. The third-order valence-electron chi connectivity index (χ3n) is 6.81. The molecule has 37 heavy (non-hydrogen) atoms. The molecule has 0 unspecified atom stereocenters. The minimum absolute atomic E-state index is 0. The van der Waals surface area contributed by atoms with Gasteiger partial charge in [0.2, 0.25) is 0 Å². The molecule has 194 valence electrons. The van der Waals surface area contributed by atoms with Crippen LogP contribution in [0.3, 0.4) is 0 Å². The van der Waals surface area contributed by atoms with E-state index in [1.54, 1.807) is 0 Å². The summed E-state index contributed by atoms with van der Waals surface area (Å²) in [5.41, 5.74) is 11.5. The summed E-state index contributed by atoms with van der Waals surface area (Å²) in [4.78, 5) is 21.7. The van der Waals surface area contributed by atoms with Crippen molar-refractivity contribution in [2.75, 3.05) is 18.8 Å². The van der Waals surface area contributed by atoms with Crippen molar-refractivity contribution in [2.45, 2.75) is 51.6 Å². The van der Waals surface area contributed by atoms with Crippen LogP contribution in [-0.2, 0) is 12.0 Å². The largest absolute Gasteiger partial charge is 0.383 e. The second-order valence-electron chi connectivity index (χ2n) is 10.5. The Morgan fingerprint density at radius 2 is 1.95 bits per heavy atom. The smallest absolute Gasteiger partial charge is 0.251 e. The number of benzene rings is 2. The van der Waals surface area contributed by atoms with Crippen molar-refractivity contribution in [1.29, 1.82) is 0 Å². The summed E-state index contributed by atoms with van der Waals surface area (Å²) < 4.78 is 1.96. The van der Waals surface area contributed by atoms with Gasteiger partial charge in [-0.05, 0) is 48.1 Å². The molecule has 8 nitrogen and oxygen atoms in total. The van der Waals surface area contributed by atoms with Crippen molar-refractivity contribution in [1.82, 2.24) is 30.4 Å². The van der Waals surface area contributed by atoms with E-state index in [0.717, 1.165) is 48.1 Å². The van der Waals surface area contributed by atoms with Crippen molar-refractivity contribution >= 4 is 35.2 Å². The summed E-state index contributed by atoms with van der Waals surface area (Å²) in [7, 11) is 0. The normalized spacial score (nSPS) is 15.8. The molecular formula is C28H34ClN7O. The number of amides is 1. The number of nitrogens with one attached hydrogen (secondary N) is 2. The molecule has 4 aromatic rings. The van der Waals surface area contributed by atoms with Gasteiger partial charge in [0.15, 0.2) is 5.65 Å². The van der Waals surface area contributed by atoms with E-state index in [4.69, 9.17) is 10.8 Å². The van der Waals surface area contributed by atoms with E-state index in [9.17, 15) is 4.79 Å². The van der Waals surface area contributed by atoms with Crippen LogP contribution in [0.2, 0.25) is 0 Å². The highest BCUT2D eigenvalue weighted by molar-refractivity contribution is 6.00. The third kappa shape index (κ3) is 5.60. The van der Waals surface area contributed by atoms with Gasteiger partial charge >= 0.3 is 0 Å². The number of hydrogen-bond acceptors (Lipinski definition) is 6. The fourth-order valence-electron chi connectivity index (χ4n) is 4.71. The number of rotatable bonds is 5. The zero-order valence-electron chi connectivity index (χ0n) is 21.5. The topological polar surface area (TPSA) is 111 Å². The molecule has 3 heterocycles. The number of nitrogens with zero attached hydrogens (tertiary/aromatic N) is 4. The van der Waals surface area contributed by atoms with Crippen LogP contribution in [0.5, 0.6) is 0 Å². The lowest BCUT2D eigenvalue weighted by molar-refractivity contribution is 0.0951. The van der Waals surface area contributed by atoms with Crippen molar-refractivity contribution in [3.05, 3.63) is 71.5 Å². The molecule has 9 heteroatoms. The van der Waals surface area contributed by atoms with Gasteiger partial charge in [0.1, 0.15) is 17.8 Å². The van der Waals surface area contributed by atoms with Gasteiger partial charge < -0.3 is 16.4 Å². The predicted octanol–water partition coefficient (Wildman–Crippen LogP) is 4.65. The highest BCUT2D eigenvalue weighted by Gasteiger charge is 2.24. The standard InChI is InChI=1S/C28H33N7O.ClH/c1-28(2,3)21-11-9-18(10-12-21)15-31-27(36)20-7-4-6-19(14-20)24-23-25(29)32-17-33-26(23)35(34-24)22-8-5-13-30-16-22;/h4,6-7,9-12,14,17,22,30H,5,8,13,15-16H2,1-3H3,(H,31,36)(H2,29,32,33);1H/t22-;/m1./s1. The first-order valence-electron chi connectivity index (χ1n) is 12.5. The van der Waals surface area contributed by atoms with Gasteiger partial charge in [-0.1, -0.05) is 57.2 Å². The van der Waals surface area contributed by atoms with E-state index in [1.165, 1.54) is 11.9 Å². The summed E-state index contributed by atoms with van der Waals surface area (Å²) in [5.74, 6) is 0.250. The molecule has 0 aliphatic carbocycles. The molecule has 0 saturated carbocycles. The summed E-state index contributed by atoms with van der Waals surface area (Å²) >= 11 is 0. The highest BCUT2D eigenvalue weighted by atomic mass is 35.5. The van der Waals surface area contributed by atoms with Gasteiger partial charge in [0.25, 0.3) is 5.91 Å². The van der Waals surface area contributed by atoms with Crippen LogP contribution in [0.25, 0.3) is 22.3 Å². The van der Waals surface area contributed by atoms with Crippen molar-refractivity contribution < 1.29 is 4.79 Å². The number of nitrogens with two attached hydrogens (primary N) is 1. The third-order valence-corrected chi connectivity index (χ3v) is 6.81. The first-order chi connectivity index (χ1) is 17.3. The molecule has 0 spiro atoms. The Morgan fingerprint density at radius 1 is 1.16 bits per heavy atom. The highest BCUT2D eigenvalue weighted by Crippen LogP contribution is 2.33. The molecule has 2 aromatic carbocycles. The van der Waals surface area contributed by atoms with Crippen LogP contribution >= 0.6 is 12.4 Å². The van der Waals surface area contributed by atoms with Gasteiger partial charge in [-0.15, -0.1) is 12.4 Å². The van der Waals surface area contributed by atoms with Gasteiger partial charge in [-0.2, -0.15) is 5.10 Å². The monoisotopic (exact) mass is 519 g/mol. The Bertz CT molecular complexity index is 1390. The first kappa shape index (κ1) is 26.6. The van der Waals surface area contributed by atoms with E-state index in [-0.39, 0.29) is 29.8 Å². The molecule has 1 fully saturated rings. The lowest BCUT2D eigenvalue weighted by Crippen LogP contribution is -2.32. The Balaban J connectivity index is 0.00000320. The Morgan fingerprint density at radius 3 is 2.65 bits per heavy atom. The van der Waals surface area contributed by atoms with E-state index >= 15 is 0 Å². The zero-order valence-corrected chi connectivity index (χ0v) is 22.3. The molecule has 1 amide bonds. The summed E-state index contributed by atoms with van der Waals surface area (Å²) in [6, 6.07) is 16.1. The average molecular weight is 520 g/mol. The fourth-order valence-corrected chi connectivity index (χ4v) is 4.71. The summed E-state index contributed by atoms with van der Waals surface area (Å²) in [6.07, 6.45) is 3.58. The van der Waals surface area contributed by atoms with E-state index < -0.39 is 0 Å². The quantitative estimate of drug-likeness (QED) is 0.354. The molecule has 1 atom stereocenters. The van der Waals surface area contributed by atoms with E-state index in [2.05, 4.69) is 65.6 Å². The maximum absolute atomic E-state index is 13.0. The molecule has 2 aromatic heterocycles. The van der Waals surface area contributed by atoms with E-state index in [1.807, 2.05) is 28.9 Å². The van der Waals surface area contributed by atoms with E-state index in [0.29, 0.717) is 23.6 Å². The molecule has 0 radical (unpaired) electrons. The SMILES string of the molecule is CC(C)(C)c1ccc(CNC(=O)c2cccc(-c3nn([C@@H]4CCCNC4)c4ncnc(N)c34)c2)cc1.Cl. The van der Waals surface area contributed by atoms with Crippen molar-refractivity contribution in [3.63, 3.8) is 0 Å². The predicted molar refractivity (Wildman–Crippen MR) is 150 cm³/mol. The Hall–Kier alpha value is -3.49. The fraction of sp³-hybridized carbons (Fsp3) is 0.357. The van der Waals surface area contributed by atoms with Gasteiger partial charge in [0.05, 0.1) is 11.4 Å². The lowest BCUT2D eigenvalue weighted by Gasteiger charge is -2.23. The molecular weight excluding hydrogens is 486 g/mol. The molecule has 1 saturated heterocycles.